The van der Waals surface area contributed by atoms with E-state index >= 15 is 0 Å². The number of likely N-dealkylation sites (tertiary alicyclic amines) is 1. The van der Waals surface area contributed by atoms with E-state index in [1.165, 1.54) is 12.0 Å². The second-order valence-electron chi connectivity index (χ2n) is 10.9. The van der Waals surface area contributed by atoms with Crippen LogP contribution in [0.4, 0.5) is 19.0 Å². The summed E-state index contributed by atoms with van der Waals surface area (Å²) in [5, 5.41) is 3.40. The highest BCUT2D eigenvalue weighted by atomic mass is 19.4. The van der Waals surface area contributed by atoms with Gasteiger partial charge in [0, 0.05) is 55.9 Å². The predicted octanol–water partition coefficient (Wildman–Crippen LogP) is 4.39. The second-order valence-corrected chi connectivity index (χ2v) is 10.9. The third-order valence-corrected chi connectivity index (χ3v) is 6.30. The van der Waals surface area contributed by atoms with Crippen molar-refractivity contribution in [3.8, 4) is 0 Å². The molecule has 0 saturated carbocycles. The Bertz CT molecular complexity index is 1120. The number of carbonyl (C=O) groups excluding carboxylic acids is 2. The van der Waals surface area contributed by atoms with Gasteiger partial charge in [0.2, 0.25) is 6.29 Å². The summed E-state index contributed by atoms with van der Waals surface area (Å²) in [4.78, 5) is 36.9. The molecule has 2 aromatic rings. The number of anilines is 1. The molecule has 1 fully saturated rings. The Labute approximate surface area is 232 Å². The number of nitrogens with one attached hydrogen (secondary N) is 1. The number of nitrogens with zero attached hydrogens (tertiary/aromatic N) is 4. The number of aldehydes is 1. The molecule has 0 amide bonds. The molecule has 4 heterocycles. The Morgan fingerprint density at radius 3 is 2.50 bits per heavy atom. The van der Waals surface area contributed by atoms with E-state index in [0.29, 0.717) is 12.4 Å². The molecule has 1 N–H and O–H groups in total. The molecule has 220 valence electrons. The van der Waals surface area contributed by atoms with E-state index in [-0.39, 0.29) is 24.5 Å². The van der Waals surface area contributed by atoms with Crippen LogP contribution >= 0.6 is 0 Å². The van der Waals surface area contributed by atoms with E-state index in [1.807, 2.05) is 40.1 Å². The van der Waals surface area contributed by atoms with Crippen LogP contribution in [0.2, 0.25) is 0 Å². The summed E-state index contributed by atoms with van der Waals surface area (Å²) in [7, 11) is 0. The third kappa shape index (κ3) is 10.5. The van der Waals surface area contributed by atoms with Crippen LogP contribution in [-0.4, -0.2) is 76.2 Å². The van der Waals surface area contributed by atoms with Gasteiger partial charge in [-0.15, -0.1) is 0 Å². The molecule has 2 aliphatic heterocycles. The first-order valence-electron chi connectivity index (χ1n) is 13.4. The molecule has 2 aromatic heterocycles. The second kappa shape index (κ2) is 14.0. The number of halogens is 3. The van der Waals surface area contributed by atoms with Crippen molar-refractivity contribution >= 4 is 18.1 Å². The molecule has 2 aliphatic rings. The first-order chi connectivity index (χ1) is 18.8. The molecular weight excluding hydrogens is 527 g/mol. The summed E-state index contributed by atoms with van der Waals surface area (Å²) in [6.45, 7) is 10.8. The number of hydrogen-bond donors (Lipinski definition) is 1. The van der Waals surface area contributed by atoms with Gasteiger partial charge in [-0.1, -0.05) is 6.07 Å². The highest BCUT2D eigenvalue weighted by Crippen LogP contribution is 2.30. The van der Waals surface area contributed by atoms with Crippen molar-refractivity contribution in [2.45, 2.75) is 83.7 Å². The summed E-state index contributed by atoms with van der Waals surface area (Å²) in [5.41, 5.74) is 2.86. The van der Waals surface area contributed by atoms with Gasteiger partial charge in [0.1, 0.15) is 17.2 Å². The van der Waals surface area contributed by atoms with Crippen LogP contribution in [0.25, 0.3) is 0 Å². The number of aryl methyl sites for hydroxylation is 3. The maximum Gasteiger partial charge on any atom is 0.446 e. The zero-order chi connectivity index (χ0) is 29.3. The number of rotatable bonds is 9. The number of hydrogen-bond acceptors (Lipinski definition) is 9. The van der Waals surface area contributed by atoms with Gasteiger partial charge in [0.15, 0.2) is 0 Å². The van der Waals surface area contributed by atoms with Gasteiger partial charge in [-0.05, 0) is 65.0 Å². The molecule has 1 atom stereocenters. The van der Waals surface area contributed by atoms with E-state index in [2.05, 4.69) is 32.3 Å². The van der Waals surface area contributed by atoms with Crippen LogP contribution < -0.4 is 5.32 Å². The first kappa shape index (κ1) is 31.4. The lowest BCUT2D eigenvalue weighted by Crippen LogP contribution is -2.54. The molecule has 0 spiro atoms. The Balaban J connectivity index is 0.000000663. The molecule has 1 unspecified atom stereocenters. The molecule has 9 nitrogen and oxygen atoms in total. The summed E-state index contributed by atoms with van der Waals surface area (Å²) >= 11 is 0. The maximum absolute atomic E-state index is 12.5. The van der Waals surface area contributed by atoms with E-state index in [0.717, 1.165) is 56.0 Å². The summed E-state index contributed by atoms with van der Waals surface area (Å²) in [5.74, 6) is 1.55. The van der Waals surface area contributed by atoms with Crippen molar-refractivity contribution in [1.82, 2.24) is 19.9 Å². The van der Waals surface area contributed by atoms with E-state index in [1.54, 1.807) is 0 Å². The van der Waals surface area contributed by atoms with Gasteiger partial charge in [-0.25, -0.2) is 15.0 Å². The van der Waals surface area contributed by atoms with Crippen LogP contribution in [-0.2, 0) is 31.9 Å². The molecule has 40 heavy (non-hydrogen) atoms. The first-order valence-corrected chi connectivity index (χ1v) is 13.4. The van der Waals surface area contributed by atoms with Gasteiger partial charge in [0.25, 0.3) is 0 Å². The standard InChI is InChI=1S/C26H37N5O3.C2HF3O/c1-18-28-14-20(15-29-18)23(13-24(32)34-26(2,3)4)31-16-22(17-31)33-12-6-8-21-10-9-19-7-5-11-27-25(19)30-21;3-2(4,5)1-6/h9-10,14-15,22-23H,5-8,11-13,16-17H2,1-4H3,(H,27,30);1H. The minimum Gasteiger partial charge on any atom is -0.460 e. The molecule has 0 radical (unpaired) electrons. The molecule has 0 bridgehead atoms. The fraction of sp³-hybridized carbons (Fsp3) is 0.607. The van der Waals surface area contributed by atoms with Crippen molar-refractivity contribution < 1.29 is 32.2 Å². The number of carbonyl (C=O) groups is 2. The van der Waals surface area contributed by atoms with Crippen molar-refractivity contribution in [3.63, 3.8) is 0 Å². The molecule has 1 saturated heterocycles. The fourth-order valence-electron chi connectivity index (χ4n) is 4.41. The summed E-state index contributed by atoms with van der Waals surface area (Å²) in [6, 6.07) is 4.23. The van der Waals surface area contributed by atoms with Gasteiger partial charge in [-0.3, -0.25) is 14.5 Å². The van der Waals surface area contributed by atoms with Crippen LogP contribution in [0.15, 0.2) is 24.5 Å². The minimum absolute atomic E-state index is 0.109. The number of ether oxygens (including phenoxy) is 2. The quantitative estimate of drug-likeness (QED) is 0.269. The van der Waals surface area contributed by atoms with Crippen LogP contribution in [0.1, 0.15) is 68.7 Å². The van der Waals surface area contributed by atoms with E-state index in [4.69, 9.17) is 19.3 Å². The van der Waals surface area contributed by atoms with Gasteiger partial charge < -0.3 is 14.8 Å². The zero-order valence-electron chi connectivity index (χ0n) is 23.5. The van der Waals surface area contributed by atoms with Crippen molar-refractivity contribution in [2.75, 3.05) is 31.6 Å². The van der Waals surface area contributed by atoms with E-state index in [9.17, 15) is 18.0 Å². The van der Waals surface area contributed by atoms with Gasteiger partial charge in [0.05, 0.1) is 12.5 Å². The number of fused-ring (bicyclic) bond motifs is 1. The zero-order valence-corrected chi connectivity index (χ0v) is 23.5. The molecule has 0 aromatic carbocycles. The lowest BCUT2D eigenvalue weighted by atomic mass is 9.99. The highest BCUT2D eigenvalue weighted by Gasteiger charge is 2.36. The maximum atomic E-state index is 12.5. The average Bonchev–Trinajstić information content (AvgIpc) is 2.86. The Kier molecular flexibility index (Phi) is 11.0. The molecule has 12 heteroatoms. The normalized spacial score (nSPS) is 16.5. The van der Waals surface area contributed by atoms with Gasteiger partial charge in [-0.2, -0.15) is 13.2 Å². The number of alkyl halides is 3. The van der Waals surface area contributed by atoms with Gasteiger partial charge >= 0.3 is 12.1 Å². The SMILES string of the molecule is Cc1ncc(C(CC(=O)OC(C)(C)C)N2CC(OCCCc3ccc4c(n3)NCCC4)C2)cn1.O=CC(F)(F)F. The minimum atomic E-state index is -4.64. The Morgan fingerprint density at radius 2 is 1.88 bits per heavy atom. The number of aromatic nitrogens is 3. The molecule has 4 rings (SSSR count). The highest BCUT2D eigenvalue weighted by molar-refractivity contribution is 5.71. The number of pyridine rings is 1. The van der Waals surface area contributed by atoms with Crippen molar-refractivity contribution in [3.05, 3.63) is 47.2 Å². The topological polar surface area (TPSA) is 107 Å². The monoisotopic (exact) mass is 565 g/mol. The van der Waals surface area contributed by atoms with Crippen LogP contribution in [0.3, 0.4) is 0 Å². The van der Waals surface area contributed by atoms with Crippen LogP contribution in [0.5, 0.6) is 0 Å². The molecule has 0 aliphatic carbocycles. The van der Waals surface area contributed by atoms with Crippen molar-refractivity contribution in [1.29, 1.82) is 0 Å². The summed E-state index contributed by atoms with van der Waals surface area (Å²) in [6.07, 6.45) is 2.50. The Hall–Kier alpha value is -3.12. The lowest BCUT2D eigenvalue weighted by molar-refractivity contribution is -0.158. The van der Waals surface area contributed by atoms with Crippen LogP contribution in [0, 0.1) is 6.92 Å². The average molecular weight is 566 g/mol. The fourth-order valence-corrected chi connectivity index (χ4v) is 4.41. The predicted molar refractivity (Wildman–Crippen MR) is 143 cm³/mol. The van der Waals surface area contributed by atoms with E-state index < -0.39 is 18.1 Å². The number of esters is 1. The third-order valence-electron chi connectivity index (χ3n) is 6.30. The molecular formula is C28H38F3N5O4. The largest absolute Gasteiger partial charge is 0.460 e. The Morgan fingerprint density at radius 1 is 1.20 bits per heavy atom. The smallest absolute Gasteiger partial charge is 0.446 e. The summed E-state index contributed by atoms with van der Waals surface area (Å²) < 4.78 is 42.9. The van der Waals surface area contributed by atoms with Crippen molar-refractivity contribution in [2.24, 2.45) is 0 Å². The lowest BCUT2D eigenvalue weighted by Gasteiger charge is -2.44.